The van der Waals surface area contributed by atoms with Crippen LogP contribution in [0.2, 0.25) is 5.02 Å². The number of carbonyl (C=O) groups is 2. The Labute approximate surface area is 201 Å². The SMILES string of the molecule is Cc1c(Cl)cc(F)cc1CNC(=O)C1(O)CCN(c2ccc3c(c2)c(C(F)(F)F)cn3CO)C1=O. The Morgan fingerprint density at radius 1 is 1.26 bits per heavy atom. The molecule has 35 heavy (non-hydrogen) atoms. The van der Waals surface area contributed by atoms with Crippen molar-refractivity contribution in [3.8, 4) is 0 Å². The van der Waals surface area contributed by atoms with Crippen LogP contribution in [0.25, 0.3) is 10.9 Å². The molecule has 7 nitrogen and oxygen atoms in total. The number of nitrogens with zero attached hydrogens (tertiary/aromatic N) is 2. The second-order valence-electron chi connectivity index (χ2n) is 8.27. The van der Waals surface area contributed by atoms with Crippen LogP contribution in [0.15, 0.2) is 36.5 Å². The van der Waals surface area contributed by atoms with Gasteiger partial charge in [0.1, 0.15) is 12.5 Å². The molecule has 3 aromatic rings. The number of halogens is 5. The highest BCUT2D eigenvalue weighted by Crippen LogP contribution is 2.39. The molecule has 4 rings (SSSR count). The van der Waals surface area contributed by atoms with Crippen LogP contribution in [-0.4, -0.2) is 38.7 Å². The van der Waals surface area contributed by atoms with E-state index in [9.17, 15) is 37.4 Å². The van der Waals surface area contributed by atoms with Crippen molar-refractivity contribution in [2.24, 2.45) is 0 Å². The highest BCUT2D eigenvalue weighted by atomic mass is 35.5. The van der Waals surface area contributed by atoms with E-state index in [0.29, 0.717) is 11.1 Å². The maximum absolute atomic E-state index is 13.7. The average Bonchev–Trinajstić information content (AvgIpc) is 3.32. The van der Waals surface area contributed by atoms with Gasteiger partial charge in [0.2, 0.25) is 5.60 Å². The number of hydrogen-bond donors (Lipinski definition) is 3. The van der Waals surface area contributed by atoms with Crippen molar-refractivity contribution in [3.63, 3.8) is 0 Å². The number of aliphatic hydroxyl groups is 2. The first kappa shape index (κ1) is 25.0. The molecule has 1 aliphatic heterocycles. The van der Waals surface area contributed by atoms with Crippen LogP contribution < -0.4 is 10.2 Å². The monoisotopic (exact) mass is 513 g/mol. The van der Waals surface area contributed by atoms with E-state index in [1.54, 1.807) is 6.92 Å². The van der Waals surface area contributed by atoms with Crippen molar-refractivity contribution >= 4 is 40.0 Å². The average molecular weight is 514 g/mol. The molecule has 186 valence electrons. The summed E-state index contributed by atoms with van der Waals surface area (Å²) < 4.78 is 55.1. The van der Waals surface area contributed by atoms with Gasteiger partial charge in [-0.1, -0.05) is 11.6 Å². The minimum absolute atomic E-state index is 0.0557. The Hall–Kier alpha value is -3.15. The zero-order valence-electron chi connectivity index (χ0n) is 18.3. The number of rotatable bonds is 5. The van der Waals surface area contributed by atoms with Gasteiger partial charge in [-0.25, -0.2) is 4.39 Å². The van der Waals surface area contributed by atoms with Gasteiger partial charge >= 0.3 is 6.18 Å². The van der Waals surface area contributed by atoms with E-state index in [-0.39, 0.29) is 41.1 Å². The fourth-order valence-electron chi connectivity index (χ4n) is 4.16. The molecule has 3 N–H and O–H groups in total. The lowest BCUT2D eigenvalue weighted by Crippen LogP contribution is -2.52. The number of nitrogens with one attached hydrogen (secondary N) is 1. The second kappa shape index (κ2) is 8.81. The van der Waals surface area contributed by atoms with Crippen molar-refractivity contribution < 1.29 is 37.4 Å². The molecule has 0 saturated carbocycles. The van der Waals surface area contributed by atoms with Crippen LogP contribution in [0.4, 0.5) is 23.2 Å². The van der Waals surface area contributed by atoms with E-state index in [1.807, 2.05) is 0 Å². The molecule has 12 heteroatoms. The summed E-state index contributed by atoms with van der Waals surface area (Å²) in [5.74, 6) is -2.64. The minimum Gasteiger partial charge on any atom is -0.376 e. The first-order valence-corrected chi connectivity index (χ1v) is 10.8. The Morgan fingerprint density at radius 3 is 2.63 bits per heavy atom. The predicted molar refractivity (Wildman–Crippen MR) is 119 cm³/mol. The number of alkyl halides is 3. The number of amides is 2. The fraction of sp³-hybridized carbons (Fsp3) is 0.304. The molecular weight excluding hydrogens is 494 g/mol. The summed E-state index contributed by atoms with van der Waals surface area (Å²) in [6, 6.07) is 6.10. The highest BCUT2D eigenvalue weighted by Gasteiger charge is 2.51. The first-order valence-electron chi connectivity index (χ1n) is 10.4. The van der Waals surface area contributed by atoms with E-state index in [1.165, 1.54) is 18.2 Å². The van der Waals surface area contributed by atoms with Crippen LogP contribution in [0.5, 0.6) is 0 Å². The summed E-state index contributed by atoms with van der Waals surface area (Å²) in [5, 5.41) is 22.5. The summed E-state index contributed by atoms with van der Waals surface area (Å²) in [5.41, 5.74) is -2.42. The van der Waals surface area contributed by atoms with Crippen molar-refractivity contribution in [2.45, 2.75) is 38.4 Å². The lowest BCUT2D eigenvalue weighted by molar-refractivity contribution is -0.149. The largest absolute Gasteiger partial charge is 0.418 e. The van der Waals surface area contributed by atoms with E-state index in [0.717, 1.165) is 27.8 Å². The summed E-state index contributed by atoms with van der Waals surface area (Å²) in [7, 11) is 0. The third kappa shape index (κ3) is 4.35. The number of aromatic nitrogens is 1. The van der Waals surface area contributed by atoms with Gasteiger partial charge in [-0.2, -0.15) is 13.2 Å². The van der Waals surface area contributed by atoms with E-state index < -0.39 is 41.7 Å². The molecule has 1 atom stereocenters. The van der Waals surface area contributed by atoms with Gasteiger partial charge in [-0.15, -0.1) is 0 Å². The lowest BCUT2D eigenvalue weighted by Gasteiger charge is -2.22. The Kier molecular flexibility index (Phi) is 6.28. The molecule has 1 unspecified atom stereocenters. The molecule has 0 bridgehead atoms. The smallest absolute Gasteiger partial charge is 0.376 e. The van der Waals surface area contributed by atoms with Gasteiger partial charge in [-0.05, 0) is 48.4 Å². The molecule has 0 aliphatic carbocycles. The maximum Gasteiger partial charge on any atom is 0.418 e. The van der Waals surface area contributed by atoms with Gasteiger partial charge in [0.05, 0.1) is 11.1 Å². The summed E-state index contributed by atoms with van der Waals surface area (Å²) in [6.07, 6.45) is -4.24. The number of aliphatic hydroxyl groups excluding tert-OH is 1. The highest BCUT2D eigenvalue weighted by molar-refractivity contribution is 6.31. The van der Waals surface area contributed by atoms with Crippen LogP contribution in [0.3, 0.4) is 0 Å². The predicted octanol–water partition coefficient (Wildman–Crippen LogP) is 3.50. The molecule has 2 aromatic carbocycles. The molecule has 2 amide bonds. The van der Waals surface area contributed by atoms with Gasteiger partial charge < -0.3 is 25.0 Å². The molecular formula is C23H20ClF4N3O4. The van der Waals surface area contributed by atoms with Gasteiger partial charge in [0.25, 0.3) is 11.8 Å². The van der Waals surface area contributed by atoms with Gasteiger partial charge in [0.15, 0.2) is 0 Å². The van der Waals surface area contributed by atoms with Crippen molar-refractivity contribution in [1.82, 2.24) is 9.88 Å². The Bertz CT molecular complexity index is 1340. The summed E-state index contributed by atoms with van der Waals surface area (Å²) >= 11 is 5.94. The minimum atomic E-state index is -4.70. The molecule has 0 radical (unpaired) electrons. The Balaban J connectivity index is 1.58. The van der Waals surface area contributed by atoms with Crippen LogP contribution in [-0.2, 0) is 29.0 Å². The van der Waals surface area contributed by atoms with E-state index in [2.05, 4.69) is 5.32 Å². The number of anilines is 1. The number of carbonyl (C=O) groups excluding carboxylic acids is 2. The quantitative estimate of drug-likeness (QED) is 0.359. The first-order chi connectivity index (χ1) is 16.4. The number of fused-ring (bicyclic) bond motifs is 1. The van der Waals surface area contributed by atoms with Gasteiger partial charge in [-0.3, -0.25) is 9.59 Å². The molecule has 2 heterocycles. The number of hydrogen-bond acceptors (Lipinski definition) is 4. The zero-order chi connectivity index (χ0) is 25.7. The third-order valence-electron chi connectivity index (χ3n) is 6.16. The van der Waals surface area contributed by atoms with E-state index >= 15 is 0 Å². The van der Waals surface area contributed by atoms with E-state index in [4.69, 9.17) is 11.6 Å². The maximum atomic E-state index is 13.7. The Morgan fingerprint density at radius 2 is 1.97 bits per heavy atom. The standard InChI is InChI=1S/C23H20ClF4N3O4/c1-12-13(6-14(25)7-18(12)24)9-29-20(33)22(35)4-5-31(21(22)34)15-2-3-19-16(8-15)17(23(26,27)28)10-30(19)11-32/h2-3,6-8,10,32,35H,4-5,9,11H2,1H3,(H,29,33). The molecule has 1 fully saturated rings. The lowest BCUT2D eigenvalue weighted by atomic mass is 10.0. The van der Waals surface area contributed by atoms with Crippen molar-refractivity contribution in [1.29, 1.82) is 0 Å². The van der Waals surface area contributed by atoms with Crippen LogP contribution in [0, 0.1) is 12.7 Å². The number of benzene rings is 2. The molecule has 1 aliphatic rings. The molecule has 1 aromatic heterocycles. The topological polar surface area (TPSA) is 94.8 Å². The normalized spacial score (nSPS) is 18.5. The van der Waals surface area contributed by atoms with Crippen LogP contribution >= 0.6 is 11.6 Å². The summed E-state index contributed by atoms with van der Waals surface area (Å²) in [4.78, 5) is 26.8. The molecule has 0 spiro atoms. The third-order valence-corrected chi connectivity index (χ3v) is 6.55. The second-order valence-corrected chi connectivity index (χ2v) is 8.68. The van der Waals surface area contributed by atoms with Crippen molar-refractivity contribution in [2.75, 3.05) is 11.4 Å². The summed E-state index contributed by atoms with van der Waals surface area (Å²) in [6.45, 7) is 0.620. The van der Waals surface area contributed by atoms with Crippen LogP contribution in [0.1, 0.15) is 23.1 Å². The fourth-order valence-corrected chi connectivity index (χ4v) is 4.39. The van der Waals surface area contributed by atoms with Crippen molar-refractivity contribution in [3.05, 3.63) is 64.1 Å². The van der Waals surface area contributed by atoms with Gasteiger partial charge in [0, 0.05) is 41.8 Å². The zero-order valence-corrected chi connectivity index (χ0v) is 19.0. The molecule has 1 saturated heterocycles.